The van der Waals surface area contributed by atoms with Crippen molar-refractivity contribution in [3.05, 3.63) is 69.9 Å². The molecule has 0 aliphatic rings. The lowest BCUT2D eigenvalue weighted by Gasteiger charge is -2.12. The van der Waals surface area contributed by atoms with Crippen LogP contribution in [0, 0.1) is 0 Å². The number of benzene rings is 2. The van der Waals surface area contributed by atoms with E-state index >= 15 is 0 Å². The largest absolute Gasteiger partial charge is 0.383 e. The summed E-state index contributed by atoms with van der Waals surface area (Å²) in [5.41, 5.74) is 2.28. The standard InChI is InChI=1S/C17H16OS/c1-2-12-10-16(19-11-12)17(18)15-9-5-7-13-6-3-4-8-14(13)15/h3-11,17-18H,2H2,1H3. The zero-order valence-electron chi connectivity index (χ0n) is 10.8. The zero-order valence-corrected chi connectivity index (χ0v) is 11.7. The third-order valence-electron chi connectivity index (χ3n) is 3.47. The van der Waals surface area contributed by atoms with Gasteiger partial charge in [0.05, 0.1) is 0 Å². The summed E-state index contributed by atoms with van der Waals surface area (Å²) in [5.74, 6) is 0. The lowest BCUT2D eigenvalue weighted by molar-refractivity contribution is 0.225. The molecule has 2 heteroatoms. The average molecular weight is 268 g/mol. The summed E-state index contributed by atoms with van der Waals surface area (Å²) in [5, 5.41) is 15.0. The SMILES string of the molecule is CCc1csc(C(O)c2cccc3ccccc23)c1. The van der Waals surface area contributed by atoms with E-state index in [2.05, 4.69) is 36.6 Å². The Morgan fingerprint density at radius 2 is 1.89 bits per heavy atom. The van der Waals surface area contributed by atoms with Gasteiger partial charge in [0.15, 0.2) is 0 Å². The van der Waals surface area contributed by atoms with Gasteiger partial charge in [0, 0.05) is 4.88 Å². The van der Waals surface area contributed by atoms with Crippen molar-refractivity contribution in [2.24, 2.45) is 0 Å². The second-order valence-corrected chi connectivity index (χ2v) is 5.62. The van der Waals surface area contributed by atoms with Crippen LogP contribution in [0.2, 0.25) is 0 Å². The van der Waals surface area contributed by atoms with Gasteiger partial charge >= 0.3 is 0 Å². The number of aliphatic hydroxyl groups excluding tert-OH is 1. The van der Waals surface area contributed by atoms with Gasteiger partial charge < -0.3 is 5.11 Å². The Kier molecular flexibility index (Phi) is 3.36. The summed E-state index contributed by atoms with van der Waals surface area (Å²) in [6.07, 6.45) is 0.482. The van der Waals surface area contributed by atoms with E-state index in [0.717, 1.165) is 22.2 Å². The third kappa shape index (κ3) is 2.29. The molecular formula is C17H16OS. The highest BCUT2D eigenvalue weighted by Gasteiger charge is 2.15. The van der Waals surface area contributed by atoms with Gasteiger partial charge in [-0.25, -0.2) is 0 Å². The number of hydrogen-bond acceptors (Lipinski definition) is 2. The van der Waals surface area contributed by atoms with Crippen molar-refractivity contribution in [3.63, 3.8) is 0 Å². The van der Waals surface area contributed by atoms with E-state index in [4.69, 9.17) is 0 Å². The highest BCUT2D eigenvalue weighted by molar-refractivity contribution is 7.10. The van der Waals surface area contributed by atoms with Gasteiger partial charge in [0.1, 0.15) is 6.10 Å². The van der Waals surface area contributed by atoms with E-state index in [-0.39, 0.29) is 0 Å². The molecule has 2 aromatic carbocycles. The Labute approximate surface area is 117 Å². The Bertz CT molecular complexity index is 694. The van der Waals surface area contributed by atoms with Crippen LogP contribution in [0.3, 0.4) is 0 Å². The van der Waals surface area contributed by atoms with Gasteiger partial charge in [-0.3, -0.25) is 0 Å². The fraction of sp³-hybridized carbons (Fsp3) is 0.176. The lowest BCUT2D eigenvalue weighted by atomic mass is 9.99. The second-order valence-electron chi connectivity index (χ2n) is 4.68. The first-order valence-corrected chi connectivity index (χ1v) is 7.40. The average Bonchev–Trinajstić information content (AvgIpc) is 2.95. The molecule has 0 fully saturated rings. The van der Waals surface area contributed by atoms with Crippen molar-refractivity contribution in [2.45, 2.75) is 19.4 Å². The quantitative estimate of drug-likeness (QED) is 0.739. The molecular weight excluding hydrogens is 252 g/mol. The summed E-state index contributed by atoms with van der Waals surface area (Å²) >= 11 is 1.64. The summed E-state index contributed by atoms with van der Waals surface area (Å²) in [7, 11) is 0. The summed E-state index contributed by atoms with van der Waals surface area (Å²) in [4.78, 5) is 1.02. The van der Waals surface area contributed by atoms with Crippen LogP contribution in [-0.2, 0) is 6.42 Å². The predicted molar refractivity (Wildman–Crippen MR) is 81.7 cm³/mol. The van der Waals surface area contributed by atoms with Gasteiger partial charge in [-0.1, -0.05) is 49.4 Å². The van der Waals surface area contributed by atoms with E-state index in [0.29, 0.717) is 0 Å². The summed E-state index contributed by atoms with van der Waals surface area (Å²) in [6, 6.07) is 16.4. The van der Waals surface area contributed by atoms with E-state index in [1.807, 2.05) is 24.3 Å². The molecule has 0 spiro atoms. The maximum absolute atomic E-state index is 10.6. The van der Waals surface area contributed by atoms with E-state index < -0.39 is 6.10 Å². The molecule has 0 radical (unpaired) electrons. The molecule has 1 nitrogen and oxygen atoms in total. The Morgan fingerprint density at radius 3 is 2.68 bits per heavy atom. The molecule has 0 aliphatic carbocycles. The molecule has 0 amide bonds. The highest BCUT2D eigenvalue weighted by atomic mass is 32.1. The van der Waals surface area contributed by atoms with Crippen LogP contribution >= 0.6 is 11.3 Å². The van der Waals surface area contributed by atoms with Crippen molar-refractivity contribution in [3.8, 4) is 0 Å². The normalized spacial score (nSPS) is 12.7. The van der Waals surface area contributed by atoms with Crippen molar-refractivity contribution in [1.82, 2.24) is 0 Å². The Hall–Kier alpha value is -1.64. The van der Waals surface area contributed by atoms with Crippen molar-refractivity contribution in [2.75, 3.05) is 0 Å². The Balaban J connectivity index is 2.08. The predicted octanol–water partition coefficient (Wildman–Crippen LogP) is 4.55. The minimum Gasteiger partial charge on any atom is -0.383 e. The molecule has 0 saturated carbocycles. The van der Waals surface area contributed by atoms with Gasteiger partial charge in [0.2, 0.25) is 0 Å². The molecule has 3 aromatic rings. The van der Waals surface area contributed by atoms with Gasteiger partial charge in [-0.15, -0.1) is 11.3 Å². The molecule has 0 aliphatic heterocycles. The van der Waals surface area contributed by atoms with Crippen LogP contribution in [0.15, 0.2) is 53.9 Å². The van der Waals surface area contributed by atoms with Crippen LogP contribution in [0.4, 0.5) is 0 Å². The van der Waals surface area contributed by atoms with Crippen molar-refractivity contribution >= 4 is 22.1 Å². The van der Waals surface area contributed by atoms with E-state index in [1.54, 1.807) is 11.3 Å². The number of fused-ring (bicyclic) bond motifs is 1. The summed E-state index contributed by atoms with van der Waals surface area (Å²) in [6.45, 7) is 2.14. The number of aryl methyl sites for hydroxylation is 1. The maximum atomic E-state index is 10.6. The first-order chi connectivity index (χ1) is 9.29. The number of aliphatic hydroxyl groups is 1. The molecule has 1 atom stereocenters. The van der Waals surface area contributed by atoms with Gasteiger partial charge in [0.25, 0.3) is 0 Å². The lowest BCUT2D eigenvalue weighted by Crippen LogP contribution is -1.98. The van der Waals surface area contributed by atoms with Crippen LogP contribution in [0.25, 0.3) is 10.8 Å². The van der Waals surface area contributed by atoms with Crippen LogP contribution < -0.4 is 0 Å². The second kappa shape index (κ2) is 5.16. The van der Waals surface area contributed by atoms with E-state index in [1.165, 1.54) is 10.9 Å². The maximum Gasteiger partial charge on any atom is 0.114 e. The monoisotopic (exact) mass is 268 g/mol. The van der Waals surface area contributed by atoms with Crippen molar-refractivity contribution < 1.29 is 5.11 Å². The van der Waals surface area contributed by atoms with Gasteiger partial charge in [-0.05, 0) is 39.8 Å². The fourth-order valence-electron chi connectivity index (χ4n) is 2.37. The van der Waals surface area contributed by atoms with Crippen LogP contribution in [-0.4, -0.2) is 5.11 Å². The zero-order chi connectivity index (χ0) is 13.2. The third-order valence-corrected chi connectivity index (χ3v) is 4.50. The molecule has 1 heterocycles. The smallest absolute Gasteiger partial charge is 0.114 e. The molecule has 0 bridgehead atoms. The topological polar surface area (TPSA) is 20.2 Å². The molecule has 1 aromatic heterocycles. The molecule has 19 heavy (non-hydrogen) atoms. The van der Waals surface area contributed by atoms with Crippen LogP contribution in [0.1, 0.15) is 29.0 Å². The molecule has 1 N–H and O–H groups in total. The molecule has 3 rings (SSSR count). The fourth-order valence-corrected chi connectivity index (χ4v) is 3.36. The van der Waals surface area contributed by atoms with E-state index in [9.17, 15) is 5.11 Å². The minimum absolute atomic E-state index is 0.531. The number of hydrogen-bond donors (Lipinski definition) is 1. The number of thiophene rings is 1. The van der Waals surface area contributed by atoms with Gasteiger partial charge in [-0.2, -0.15) is 0 Å². The highest BCUT2D eigenvalue weighted by Crippen LogP contribution is 2.32. The number of rotatable bonds is 3. The minimum atomic E-state index is -0.531. The molecule has 96 valence electrons. The molecule has 0 saturated heterocycles. The summed E-state index contributed by atoms with van der Waals surface area (Å²) < 4.78 is 0. The van der Waals surface area contributed by atoms with Crippen LogP contribution in [0.5, 0.6) is 0 Å². The first-order valence-electron chi connectivity index (χ1n) is 6.52. The molecule has 1 unspecified atom stereocenters. The van der Waals surface area contributed by atoms with Crippen molar-refractivity contribution in [1.29, 1.82) is 0 Å². The first kappa shape index (κ1) is 12.4. The Morgan fingerprint density at radius 1 is 1.11 bits per heavy atom.